The van der Waals surface area contributed by atoms with Crippen molar-refractivity contribution in [1.29, 1.82) is 0 Å². The normalized spacial score (nSPS) is 13.8. The number of nitro groups is 1. The number of nitro benzene ring substituents is 1. The van der Waals surface area contributed by atoms with Crippen LogP contribution >= 0.6 is 11.8 Å². The zero-order valence-electron chi connectivity index (χ0n) is 15.7. The number of non-ortho nitro benzene ring substituents is 1. The van der Waals surface area contributed by atoms with Crippen LogP contribution in [0.4, 0.5) is 5.69 Å². The lowest BCUT2D eigenvalue weighted by molar-refractivity contribution is -0.384. The fourth-order valence-corrected chi connectivity index (χ4v) is 4.20. The van der Waals surface area contributed by atoms with Gasteiger partial charge in [-0.2, -0.15) is 0 Å². The van der Waals surface area contributed by atoms with Crippen LogP contribution in [0.15, 0.2) is 94.7 Å². The number of nitrogens with zero attached hydrogens (tertiary/aromatic N) is 2. The Hall–Kier alpha value is -3.71. The van der Waals surface area contributed by atoms with E-state index in [1.54, 1.807) is 0 Å². The lowest BCUT2D eigenvalue weighted by Gasteiger charge is -2.15. The van der Waals surface area contributed by atoms with E-state index >= 15 is 0 Å². The Morgan fingerprint density at radius 2 is 1.40 bits per heavy atom. The highest BCUT2D eigenvalue weighted by atomic mass is 32.2. The van der Waals surface area contributed by atoms with Crippen LogP contribution in [0.5, 0.6) is 0 Å². The number of carbonyl (C=O) groups excluding carboxylic acids is 2. The minimum Gasteiger partial charge on any atom is -0.269 e. The van der Waals surface area contributed by atoms with E-state index < -0.39 is 10.8 Å². The predicted octanol–water partition coefficient (Wildman–Crippen LogP) is 4.67. The van der Waals surface area contributed by atoms with Crippen LogP contribution in [-0.4, -0.2) is 21.6 Å². The molecule has 2 amide bonds. The van der Waals surface area contributed by atoms with Crippen molar-refractivity contribution < 1.29 is 14.5 Å². The van der Waals surface area contributed by atoms with Crippen molar-refractivity contribution in [3.05, 3.63) is 111 Å². The zero-order valence-corrected chi connectivity index (χ0v) is 16.5. The third-order valence-corrected chi connectivity index (χ3v) is 5.73. The molecule has 4 rings (SSSR count). The average Bonchev–Trinajstić information content (AvgIpc) is 2.99. The van der Waals surface area contributed by atoms with Crippen LogP contribution in [0.2, 0.25) is 0 Å². The van der Waals surface area contributed by atoms with Gasteiger partial charge in [0.15, 0.2) is 0 Å². The van der Waals surface area contributed by atoms with Crippen LogP contribution in [0, 0.1) is 10.1 Å². The molecule has 7 heteroatoms. The Morgan fingerprint density at radius 1 is 0.800 bits per heavy atom. The van der Waals surface area contributed by atoms with Crippen molar-refractivity contribution in [2.24, 2.45) is 0 Å². The van der Waals surface area contributed by atoms with Crippen LogP contribution < -0.4 is 0 Å². The van der Waals surface area contributed by atoms with E-state index in [1.807, 2.05) is 60.7 Å². The van der Waals surface area contributed by atoms with Gasteiger partial charge in [0.2, 0.25) is 0 Å². The summed E-state index contributed by atoms with van der Waals surface area (Å²) in [6, 6.07) is 24.3. The summed E-state index contributed by atoms with van der Waals surface area (Å²) in [5, 5.41) is 11.0. The van der Waals surface area contributed by atoms with Crippen molar-refractivity contribution in [2.75, 3.05) is 0 Å². The van der Waals surface area contributed by atoms with Gasteiger partial charge in [-0.1, -0.05) is 60.3 Å². The van der Waals surface area contributed by atoms with Gasteiger partial charge in [-0.15, -0.1) is 0 Å². The van der Waals surface area contributed by atoms with Crippen molar-refractivity contribution in [3.8, 4) is 0 Å². The van der Waals surface area contributed by atoms with Crippen LogP contribution in [0.25, 0.3) is 5.57 Å². The van der Waals surface area contributed by atoms with Gasteiger partial charge in [0, 0.05) is 17.0 Å². The molecule has 0 fully saturated rings. The maximum Gasteiger partial charge on any atom is 0.269 e. The Kier molecular flexibility index (Phi) is 5.45. The van der Waals surface area contributed by atoms with E-state index in [0.717, 1.165) is 10.5 Å². The van der Waals surface area contributed by atoms with Crippen molar-refractivity contribution in [3.63, 3.8) is 0 Å². The van der Waals surface area contributed by atoms with Gasteiger partial charge in [-0.25, -0.2) is 0 Å². The van der Waals surface area contributed by atoms with Crippen molar-refractivity contribution in [1.82, 2.24) is 4.90 Å². The minimum atomic E-state index is -0.499. The standard InChI is InChI=1S/C23H16N2O4S/c26-22-20(17-11-13-18(14-12-17)25(28)29)21(30-19-9-5-2-6-10-19)23(27)24(22)15-16-7-3-1-4-8-16/h1-14H,15H2. The van der Waals surface area contributed by atoms with E-state index in [0.29, 0.717) is 10.5 Å². The number of imide groups is 1. The monoisotopic (exact) mass is 416 g/mol. The number of hydrogen-bond acceptors (Lipinski definition) is 5. The number of thioether (sulfide) groups is 1. The maximum atomic E-state index is 13.2. The van der Waals surface area contributed by atoms with Gasteiger partial charge in [-0.3, -0.25) is 24.6 Å². The Bertz CT molecular complexity index is 1140. The lowest BCUT2D eigenvalue weighted by atomic mass is 10.1. The van der Waals surface area contributed by atoms with Gasteiger partial charge >= 0.3 is 0 Å². The number of carbonyl (C=O) groups is 2. The Balaban J connectivity index is 1.74. The molecule has 0 saturated carbocycles. The van der Waals surface area contributed by atoms with Gasteiger partial charge in [0.1, 0.15) is 0 Å². The fraction of sp³-hybridized carbons (Fsp3) is 0.0435. The summed E-state index contributed by atoms with van der Waals surface area (Å²) in [5.74, 6) is -0.776. The summed E-state index contributed by atoms with van der Waals surface area (Å²) < 4.78 is 0. The summed E-state index contributed by atoms with van der Waals surface area (Å²) in [6.45, 7) is 0.161. The number of rotatable bonds is 6. The first kappa shape index (κ1) is 19.6. The first-order valence-corrected chi connectivity index (χ1v) is 9.98. The first-order chi connectivity index (χ1) is 14.5. The molecule has 0 aromatic heterocycles. The Morgan fingerprint density at radius 3 is 2.00 bits per heavy atom. The quantitative estimate of drug-likeness (QED) is 0.331. The van der Waals surface area contributed by atoms with Gasteiger partial charge in [0.05, 0.1) is 21.9 Å². The molecule has 1 aliphatic heterocycles. The number of amides is 2. The molecule has 0 aliphatic carbocycles. The molecule has 3 aromatic carbocycles. The molecule has 1 aliphatic rings. The molecule has 0 bridgehead atoms. The van der Waals surface area contributed by atoms with E-state index in [4.69, 9.17) is 0 Å². The second-order valence-electron chi connectivity index (χ2n) is 6.61. The van der Waals surface area contributed by atoms with Gasteiger partial charge in [0.25, 0.3) is 17.5 Å². The average molecular weight is 416 g/mol. The number of benzene rings is 3. The summed E-state index contributed by atoms with van der Waals surface area (Å²) in [7, 11) is 0. The molecule has 6 nitrogen and oxygen atoms in total. The highest BCUT2D eigenvalue weighted by Gasteiger charge is 2.39. The van der Waals surface area contributed by atoms with E-state index in [-0.39, 0.29) is 23.7 Å². The molecule has 148 valence electrons. The minimum absolute atomic E-state index is 0.0745. The second-order valence-corrected chi connectivity index (χ2v) is 7.69. The van der Waals surface area contributed by atoms with E-state index in [9.17, 15) is 19.7 Å². The largest absolute Gasteiger partial charge is 0.269 e. The van der Waals surface area contributed by atoms with Crippen molar-refractivity contribution >= 4 is 34.8 Å². The summed E-state index contributed by atoms with van der Waals surface area (Å²) >= 11 is 1.22. The molecule has 0 spiro atoms. The van der Waals surface area contributed by atoms with E-state index in [2.05, 4.69) is 0 Å². The number of hydrogen-bond donors (Lipinski definition) is 0. The van der Waals surface area contributed by atoms with Crippen molar-refractivity contribution in [2.45, 2.75) is 11.4 Å². The third-order valence-electron chi connectivity index (χ3n) is 4.64. The summed E-state index contributed by atoms with van der Waals surface area (Å²) in [5.41, 5.74) is 1.51. The molecule has 0 atom stereocenters. The SMILES string of the molecule is O=C1C(Sc2ccccc2)=C(c2ccc([N+](=O)[O-])cc2)C(=O)N1Cc1ccccc1. The van der Waals surface area contributed by atoms with E-state index in [1.165, 1.54) is 40.9 Å². The summed E-state index contributed by atoms with van der Waals surface area (Å²) in [4.78, 5) is 39.3. The molecule has 0 N–H and O–H groups in total. The molecule has 0 unspecified atom stereocenters. The topological polar surface area (TPSA) is 80.5 Å². The van der Waals surface area contributed by atoms with Crippen LogP contribution in [0.3, 0.4) is 0 Å². The first-order valence-electron chi connectivity index (χ1n) is 9.16. The highest BCUT2D eigenvalue weighted by molar-refractivity contribution is 8.04. The smallest absolute Gasteiger partial charge is 0.269 e. The second kappa shape index (κ2) is 8.34. The van der Waals surface area contributed by atoms with Crippen LogP contribution in [0.1, 0.15) is 11.1 Å². The van der Waals surface area contributed by atoms with Crippen LogP contribution in [-0.2, 0) is 16.1 Å². The molecule has 0 radical (unpaired) electrons. The Labute approximate surface area is 177 Å². The zero-order chi connectivity index (χ0) is 21.1. The predicted molar refractivity (Wildman–Crippen MR) is 114 cm³/mol. The highest BCUT2D eigenvalue weighted by Crippen LogP contribution is 2.40. The molecule has 0 saturated heterocycles. The molecular weight excluding hydrogens is 400 g/mol. The van der Waals surface area contributed by atoms with Gasteiger partial charge in [-0.05, 0) is 35.4 Å². The maximum absolute atomic E-state index is 13.2. The fourth-order valence-electron chi connectivity index (χ4n) is 3.17. The lowest BCUT2D eigenvalue weighted by Crippen LogP contribution is -2.30. The molecular formula is C23H16N2O4S. The summed E-state index contributed by atoms with van der Waals surface area (Å²) in [6.07, 6.45) is 0. The third kappa shape index (κ3) is 3.88. The van der Waals surface area contributed by atoms with Gasteiger partial charge < -0.3 is 0 Å². The molecule has 1 heterocycles. The molecule has 30 heavy (non-hydrogen) atoms. The molecule has 3 aromatic rings.